The summed E-state index contributed by atoms with van der Waals surface area (Å²) in [5, 5.41) is 3.47. The van der Waals surface area contributed by atoms with E-state index in [2.05, 4.69) is 29.3 Å². The minimum atomic E-state index is 0.706. The summed E-state index contributed by atoms with van der Waals surface area (Å²) in [5.41, 5.74) is 0. The minimum absolute atomic E-state index is 0.706. The van der Waals surface area contributed by atoms with Gasteiger partial charge in [-0.05, 0) is 69.2 Å². The van der Waals surface area contributed by atoms with Crippen LogP contribution in [0.5, 0.6) is 0 Å². The molecule has 2 atom stereocenters. The molecule has 0 spiro atoms. The summed E-state index contributed by atoms with van der Waals surface area (Å²) in [4.78, 5) is 2.69. The minimum Gasteiger partial charge on any atom is -0.464 e. The lowest BCUT2D eigenvalue weighted by molar-refractivity contribution is 0.177. The molecule has 116 valence electrons. The van der Waals surface area contributed by atoms with E-state index >= 15 is 0 Å². The van der Waals surface area contributed by atoms with E-state index in [1.54, 1.807) is 0 Å². The molecule has 0 aromatic carbocycles. The molecule has 0 amide bonds. The molecule has 2 aliphatic carbocycles. The monoisotopic (exact) mass is 288 g/mol. The Morgan fingerprint density at radius 1 is 1.19 bits per heavy atom. The Kier molecular flexibility index (Phi) is 3.80. The molecule has 1 N–H and O–H groups in total. The molecule has 0 radical (unpaired) electrons. The molecule has 1 aliphatic heterocycles. The lowest BCUT2D eigenvalue weighted by atomic mass is 9.97. The van der Waals surface area contributed by atoms with Crippen molar-refractivity contribution in [1.29, 1.82) is 0 Å². The van der Waals surface area contributed by atoms with Crippen molar-refractivity contribution in [3.63, 3.8) is 0 Å². The van der Waals surface area contributed by atoms with Crippen LogP contribution < -0.4 is 5.32 Å². The van der Waals surface area contributed by atoms with Crippen molar-refractivity contribution in [1.82, 2.24) is 10.2 Å². The van der Waals surface area contributed by atoms with E-state index in [4.69, 9.17) is 4.42 Å². The maximum atomic E-state index is 6.12. The number of hydrogen-bond acceptors (Lipinski definition) is 3. The van der Waals surface area contributed by atoms with Gasteiger partial charge in [0.1, 0.15) is 11.5 Å². The first kappa shape index (κ1) is 13.8. The lowest BCUT2D eigenvalue weighted by Gasteiger charge is -2.29. The molecule has 4 rings (SSSR count). The van der Waals surface area contributed by atoms with Crippen molar-refractivity contribution >= 4 is 0 Å². The first-order valence-corrected chi connectivity index (χ1v) is 8.83. The normalized spacial score (nSPS) is 30.0. The Bertz CT molecular complexity index is 473. The van der Waals surface area contributed by atoms with Crippen molar-refractivity contribution in [3.8, 4) is 0 Å². The van der Waals surface area contributed by atoms with Crippen molar-refractivity contribution in [3.05, 3.63) is 23.7 Å². The van der Waals surface area contributed by atoms with Gasteiger partial charge in [0.25, 0.3) is 0 Å². The Morgan fingerprint density at radius 2 is 1.95 bits per heavy atom. The van der Waals surface area contributed by atoms with Crippen LogP contribution in [0, 0.1) is 11.8 Å². The third kappa shape index (κ3) is 3.35. The van der Waals surface area contributed by atoms with Crippen LogP contribution in [0.3, 0.4) is 0 Å². The molecule has 2 unspecified atom stereocenters. The van der Waals surface area contributed by atoms with Gasteiger partial charge in [-0.1, -0.05) is 6.92 Å². The first-order chi connectivity index (χ1) is 10.3. The van der Waals surface area contributed by atoms with E-state index in [9.17, 15) is 0 Å². The highest BCUT2D eigenvalue weighted by atomic mass is 16.3. The number of nitrogens with one attached hydrogen (secondary N) is 1. The van der Waals surface area contributed by atoms with Gasteiger partial charge in [-0.2, -0.15) is 0 Å². The van der Waals surface area contributed by atoms with Crippen LogP contribution in [0.25, 0.3) is 0 Å². The van der Waals surface area contributed by atoms with E-state index < -0.39 is 0 Å². The second kappa shape index (κ2) is 5.77. The zero-order valence-corrected chi connectivity index (χ0v) is 13.2. The molecule has 3 aliphatic rings. The van der Waals surface area contributed by atoms with Crippen molar-refractivity contribution in [2.75, 3.05) is 19.6 Å². The van der Waals surface area contributed by atoms with Crippen molar-refractivity contribution in [2.24, 2.45) is 11.8 Å². The second-order valence-electron chi connectivity index (χ2n) is 7.48. The summed E-state index contributed by atoms with van der Waals surface area (Å²) in [5.74, 6) is 4.83. The zero-order valence-electron chi connectivity index (χ0n) is 13.2. The topological polar surface area (TPSA) is 28.4 Å². The Balaban J connectivity index is 1.36. The number of piperidine rings is 1. The Hall–Kier alpha value is -0.800. The number of furan rings is 1. The van der Waals surface area contributed by atoms with E-state index in [1.165, 1.54) is 63.3 Å². The third-order valence-electron chi connectivity index (χ3n) is 5.53. The van der Waals surface area contributed by atoms with Gasteiger partial charge >= 0.3 is 0 Å². The predicted octanol–water partition coefficient (Wildman–Crippen LogP) is 3.37. The van der Waals surface area contributed by atoms with Gasteiger partial charge in [0.05, 0.1) is 6.54 Å². The summed E-state index contributed by atoms with van der Waals surface area (Å²) < 4.78 is 6.12. The molecule has 21 heavy (non-hydrogen) atoms. The standard InChI is InChI=1S/C18H28N2O/c1-13-10-17(13)18-5-4-16(21-18)12-20(15-2-3-15)11-14-6-8-19-9-7-14/h4-5,13-15,17,19H,2-3,6-12H2,1H3. The summed E-state index contributed by atoms with van der Waals surface area (Å²) in [6.45, 7) is 7.01. The molecule has 3 heteroatoms. The SMILES string of the molecule is CC1CC1c1ccc(CN(CC2CCNCC2)C2CC2)o1. The van der Waals surface area contributed by atoms with Crippen LogP contribution in [0.1, 0.15) is 56.5 Å². The van der Waals surface area contributed by atoms with Gasteiger partial charge in [0.2, 0.25) is 0 Å². The molecular weight excluding hydrogens is 260 g/mol. The molecule has 1 aromatic rings. The Labute approximate surface area is 128 Å². The first-order valence-electron chi connectivity index (χ1n) is 8.83. The number of rotatable bonds is 6. The smallest absolute Gasteiger partial charge is 0.118 e. The van der Waals surface area contributed by atoms with Gasteiger partial charge in [0.15, 0.2) is 0 Å². The van der Waals surface area contributed by atoms with Gasteiger partial charge in [0, 0.05) is 18.5 Å². The third-order valence-corrected chi connectivity index (χ3v) is 5.53. The quantitative estimate of drug-likeness (QED) is 0.870. The van der Waals surface area contributed by atoms with Crippen LogP contribution in [0.2, 0.25) is 0 Å². The van der Waals surface area contributed by atoms with Crippen molar-refractivity contribution < 1.29 is 4.42 Å². The predicted molar refractivity (Wildman–Crippen MR) is 84.3 cm³/mol. The average molecular weight is 288 g/mol. The lowest BCUT2D eigenvalue weighted by Crippen LogP contribution is -2.36. The highest BCUT2D eigenvalue weighted by Gasteiger charge is 2.37. The van der Waals surface area contributed by atoms with E-state index in [-0.39, 0.29) is 0 Å². The average Bonchev–Trinajstić information content (AvgIpc) is 3.41. The fourth-order valence-corrected chi connectivity index (χ4v) is 3.78. The molecule has 3 fully saturated rings. The highest BCUT2D eigenvalue weighted by Crippen LogP contribution is 2.47. The Morgan fingerprint density at radius 3 is 2.62 bits per heavy atom. The van der Waals surface area contributed by atoms with Gasteiger partial charge in [-0.25, -0.2) is 0 Å². The fourth-order valence-electron chi connectivity index (χ4n) is 3.78. The molecule has 2 heterocycles. The van der Waals surface area contributed by atoms with Gasteiger partial charge in [-0.15, -0.1) is 0 Å². The summed E-state index contributed by atoms with van der Waals surface area (Å²) in [6.07, 6.45) is 6.77. The zero-order chi connectivity index (χ0) is 14.2. The molecule has 0 bridgehead atoms. The number of hydrogen-bond donors (Lipinski definition) is 1. The molecule has 2 saturated carbocycles. The number of nitrogens with zero attached hydrogens (tertiary/aromatic N) is 1. The largest absolute Gasteiger partial charge is 0.464 e. The van der Waals surface area contributed by atoms with Crippen LogP contribution in [-0.4, -0.2) is 30.6 Å². The highest BCUT2D eigenvalue weighted by molar-refractivity contribution is 5.17. The van der Waals surface area contributed by atoms with Crippen LogP contribution in [-0.2, 0) is 6.54 Å². The van der Waals surface area contributed by atoms with Gasteiger partial charge in [-0.3, -0.25) is 4.90 Å². The van der Waals surface area contributed by atoms with Crippen molar-refractivity contribution in [2.45, 2.75) is 57.5 Å². The van der Waals surface area contributed by atoms with Crippen LogP contribution in [0.15, 0.2) is 16.5 Å². The summed E-state index contributed by atoms with van der Waals surface area (Å²) in [6, 6.07) is 5.27. The maximum absolute atomic E-state index is 6.12. The van der Waals surface area contributed by atoms with Gasteiger partial charge < -0.3 is 9.73 Å². The molecule has 3 nitrogen and oxygen atoms in total. The van der Waals surface area contributed by atoms with E-state index in [0.29, 0.717) is 5.92 Å². The molecule has 1 aromatic heterocycles. The summed E-state index contributed by atoms with van der Waals surface area (Å²) >= 11 is 0. The van der Waals surface area contributed by atoms with Crippen LogP contribution >= 0.6 is 0 Å². The molecular formula is C18H28N2O. The fraction of sp³-hybridized carbons (Fsp3) is 0.778. The summed E-state index contributed by atoms with van der Waals surface area (Å²) in [7, 11) is 0. The maximum Gasteiger partial charge on any atom is 0.118 e. The van der Waals surface area contributed by atoms with Crippen LogP contribution in [0.4, 0.5) is 0 Å². The molecule has 1 saturated heterocycles. The van der Waals surface area contributed by atoms with E-state index in [1.807, 2.05) is 0 Å². The van der Waals surface area contributed by atoms with E-state index in [0.717, 1.165) is 24.4 Å². The second-order valence-corrected chi connectivity index (χ2v) is 7.48.